The third kappa shape index (κ3) is 9.11. The topological polar surface area (TPSA) is 50.9 Å². The molecule has 4 nitrogen and oxygen atoms in total. The number of hydrogen-bond donors (Lipinski definition) is 1. The maximum atomic E-state index is 12.5. The second-order valence-electron chi connectivity index (χ2n) is 21.0. The third-order valence-electron chi connectivity index (χ3n) is 12.0. The van der Waals surface area contributed by atoms with Gasteiger partial charge in [-0.05, 0) is 85.4 Å². The summed E-state index contributed by atoms with van der Waals surface area (Å²) < 4.78 is 2.26. The van der Waals surface area contributed by atoms with E-state index >= 15 is 0 Å². The fraction of sp³-hybridized carbons (Fsp3) is 0.276. The Morgan fingerprint density at radius 3 is 1.71 bits per heavy atom. The van der Waals surface area contributed by atoms with Gasteiger partial charge < -0.3 is 5.11 Å². The minimum Gasteiger partial charge on any atom is -0.507 e. The molecule has 8 rings (SSSR count). The fourth-order valence-electron chi connectivity index (χ4n) is 8.40. The van der Waals surface area contributed by atoms with Gasteiger partial charge in [0.1, 0.15) is 11.6 Å². The van der Waals surface area contributed by atoms with Gasteiger partial charge in [0.2, 0.25) is 0 Å². The molecule has 2 heterocycles. The van der Waals surface area contributed by atoms with Crippen molar-refractivity contribution in [1.29, 1.82) is 0 Å². The first-order valence-electron chi connectivity index (χ1n) is 21.9. The summed E-state index contributed by atoms with van der Waals surface area (Å²) in [5, 5.41) is 12.5. The second kappa shape index (κ2) is 16.9. The number of phenolic OH excluding ortho intramolecular Hbond substituents is 1. The normalized spacial score (nSPS) is 12.4. The summed E-state index contributed by atoms with van der Waals surface area (Å²) in [6, 6.07) is 51.2. The standard InChI is InChI=1S/C58H60N3O.Pt/c1-55(2,3)42-31-40(30-41(32-42)50-33-39(28-29-59-50)37-20-15-13-16-21-37)46-24-19-25-51-52(46)60-54(47-34-43(56(4,5)6)35-49(53(47)62)58(10,11)12)61(51)44-26-27-45(38-22-17-14-18-23-38)48(36-44)57(7,8)9;/h13-29,31-36,62H,1-12H3;/q-1;. The number of phenols is 1. The van der Waals surface area contributed by atoms with Crippen molar-refractivity contribution in [2.24, 2.45) is 0 Å². The summed E-state index contributed by atoms with van der Waals surface area (Å²) in [5.41, 5.74) is 15.5. The number of para-hydroxylation sites is 1. The maximum Gasteiger partial charge on any atom is 0.148 e. The van der Waals surface area contributed by atoms with Crippen LogP contribution in [0.15, 0.2) is 140 Å². The zero-order valence-corrected chi connectivity index (χ0v) is 41.2. The fourth-order valence-corrected chi connectivity index (χ4v) is 8.40. The summed E-state index contributed by atoms with van der Waals surface area (Å²) >= 11 is 0. The molecule has 5 heteroatoms. The Balaban J connectivity index is 0.00000595. The van der Waals surface area contributed by atoms with Crippen molar-refractivity contribution in [3.05, 3.63) is 168 Å². The molecule has 0 saturated heterocycles. The molecular formula is C58H60N3OPt-. The molecule has 0 atom stereocenters. The Hall–Kier alpha value is -5.57. The van der Waals surface area contributed by atoms with E-state index in [4.69, 9.17) is 9.97 Å². The number of rotatable bonds is 6. The van der Waals surface area contributed by atoms with Gasteiger partial charge in [-0.2, -0.15) is 0 Å². The van der Waals surface area contributed by atoms with Crippen molar-refractivity contribution in [3.8, 4) is 67.5 Å². The third-order valence-corrected chi connectivity index (χ3v) is 12.0. The summed E-state index contributed by atoms with van der Waals surface area (Å²) in [6.07, 6.45) is 1.89. The van der Waals surface area contributed by atoms with Crippen LogP contribution in [-0.4, -0.2) is 19.6 Å². The zero-order chi connectivity index (χ0) is 44.4. The molecule has 0 fully saturated rings. The van der Waals surface area contributed by atoms with Gasteiger partial charge in [0.25, 0.3) is 0 Å². The molecule has 0 spiro atoms. The van der Waals surface area contributed by atoms with Crippen LogP contribution in [0, 0.1) is 6.07 Å². The molecule has 0 aliphatic rings. The average Bonchev–Trinajstić information content (AvgIpc) is 3.62. The van der Waals surface area contributed by atoms with E-state index in [9.17, 15) is 5.11 Å². The predicted molar refractivity (Wildman–Crippen MR) is 261 cm³/mol. The van der Waals surface area contributed by atoms with E-state index in [0.29, 0.717) is 11.4 Å². The van der Waals surface area contributed by atoms with Gasteiger partial charge in [0.05, 0.1) is 16.6 Å². The Morgan fingerprint density at radius 1 is 0.492 bits per heavy atom. The van der Waals surface area contributed by atoms with E-state index in [-0.39, 0.29) is 48.5 Å². The second-order valence-corrected chi connectivity index (χ2v) is 21.0. The van der Waals surface area contributed by atoms with Gasteiger partial charge >= 0.3 is 0 Å². The summed E-state index contributed by atoms with van der Waals surface area (Å²) in [5.74, 6) is 0.951. The summed E-state index contributed by atoms with van der Waals surface area (Å²) in [6.45, 7) is 26.8. The van der Waals surface area contributed by atoms with E-state index in [2.05, 4.69) is 221 Å². The number of hydrogen-bond acceptors (Lipinski definition) is 3. The molecule has 0 bridgehead atoms. The first-order chi connectivity index (χ1) is 29.2. The smallest absolute Gasteiger partial charge is 0.148 e. The van der Waals surface area contributed by atoms with Gasteiger partial charge in [-0.3, -0.25) is 9.55 Å². The molecule has 8 aromatic rings. The molecule has 0 radical (unpaired) electrons. The molecule has 0 aliphatic carbocycles. The number of nitrogens with zero attached hydrogens (tertiary/aromatic N) is 3. The molecular weight excluding hydrogens is 950 g/mol. The van der Waals surface area contributed by atoms with Crippen LogP contribution in [-0.2, 0) is 42.7 Å². The molecule has 6 aromatic carbocycles. The van der Waals surface area contributed by atoms with Crippen molar-refractivity contribution in [3.63, 3.8) is 0 Å². The monoisotopic (exact) mass is 1010 g/mol. The Labute approximate surface area is 389 Å². The van der Waals surface area contributed by atoms with Crippen molar-refractivity contribution >= 4 is 11.0 Å². The summed E-state index contributed by atoms with van der Waals surface area (Å²) in [4.78, 5) is 10.5. The number of imidazole rings is 1. The number of pyridine rings is 1. The van der Waals surface area contributed by atoms with Gasteiger partial charge in [-0.1, -0.05) is 185 Å². The van der Waals surface area contributed by atoms with Crippen LogP contribution in [0.3, 0.4) is 0 Å². The van der Waals surface area contributed by atoms with E-state index in [0.717, 1.165) is 61.4 Å². The molecule has 324 valence electrons. The van der Waals surface area contributed by atoms with Gasteiger partial charge in [0, 0.05) is 44.2 Å². The van der Waals surface area contributed by atoms with Crippen LogP contribution in [0.1, 0.15) is 105 Å². The predicted octanol–water partition coefficient (Wildman–Crippen LogP) is 15.4. The van der Waals surface area contributed by atoms with Crippen molar-refractivity contribution in [2.45, 2.75) is 105 Å². The van der Waals surface area contributed by atoms with E-state index < -0.39 is 0 Å². The van der Waals surface area contributed by atoms with Gasteiger partial charge in [-0.15, -0.1) is 29.3 Å². The molecule has 0 unspecified atom stereocenters. The minimum atomic E-state index is -0.316. The van der Waals surface area contributed by atoms with Crippen LogP contribution in [0.2, 0.25) is 0 Å². The quantitative estimate of drug-likeness (QED) is 0.169. The zero-order valence-electron chi connectivity index (χ0n) is 38.9. The van der Waals surface area contributed by atoms with E-state index in [1.54, 1.807) is 0 Å². The van der Waals surface area contributed by atoms with Crippen molar-refractivity contribution < 1.29 is 26.2 Å². The average molecular weight is 1010 g/mol. The van der Waals surface area contributed by atoms with Crippen molar-refractivity contribution in [1.82, 2.24) is 14.5 Å². The number of aromatic nitrogens is 3. The first-order valence-corrected chi connectivity index (χ1v) is 21.9. The number of aromatic hydroxyl groups is 1. The molecule has 0 amide bonds. The van der Waals surface area contributed by atoms with Crippen LogP contribution in [0.5, 0.6) is 5.75 Å². The van der Waals surface area contributed by atoms with E-state index in [1.165, 1.54) is 22.3 Å². The van der Waals surface area contributed by atoms with Crippen LogP contribution >= 0.6 is 0 Å². The van der Waals surface area contributed by atoms with Gasteiger partial charge in [-0.25, -0.2) is 4.98 Å². The Morgan fingerprint density at radius 2 is 1.10 bits per heavy atom. The van der Waals surface area contributed by atoms with Crippen LogP contribution in [0.25, 0.3) is 72.7 Å². The largest absolute Gasteiger partial charge is 0.507 e. The Bertz CT molecular complexity index is 2930. The SMILES string of the molecule is CC(C)(C)c1cc(-c2cc(-c3ccccc3)ccn2)[c-]c(-c2cccc3c2nc(-c2cc(C(C)(C)C)cc(C(C)(C)C)c2O)n3-c2ccc(-c3ccccc3)c(C(C)(C)C)c2)c1.[Pt]. The summed E-state index contributed by atoms with van der Waals surface area (Å²) in [7, 11) is 0. The van der Waals surface area contributed by atoms with Crippen LogP contribution in [0.4, 0.5) is 0 Å². The van der Waals surface area contributed by atoms with E-state index in [1.807, 2.05) is 12.3 Å². The number of fused-ring (bicyclic) bond motifs is 1. The number of benzene rings is 6. The van der Waals surface area contributed by atoms with Crippen molar-refractivity contribution in [2.75, 3.05) is 0 Å². The molecule has 0 aliphatic heterocycles. The molecule has 0 saturated carbocycles. The van der Waals surface area contributed by atoms with Crippen LogP contribution < -0.4 is 0 Å². The first kappa shape index (κ1) is 45.5. The minimum absolute atomic E-state index is 0. The maximum absolute atomic E-state index is 12.5. The molecule has 1 N–H and O–H groups in total. The molecule has 63 heavy (non-hydrogen) atoms. The van der Waals surface area contributed by atoms with Gasteiger partial charge in [0.15, 0.2) is 0 Å². The Kier molecular flexibility index (Phi) is 12.2. The molecule has 2 aromatic heterocycles.